The minimum Gasteiger partial charge on any atom is -0.374 e. The monoisotopic (exact) mass is 345 g/mol. The maximum Gasteiger partial charge on any atom is 0.0896 e. The smallest absolute Gasteiger partial charge is 0.0896 e. The Balaban J connectivity index is 1.68. The van der Waals surface area contributed by atoms with Crippen LogP contribution in [0.1, 0.15) is 17.2 Å². The lowest BCUT2D eigenvalue weighted by molar-refractivity contribution is -0.0391. The first-order valence-electron chi connectivity index (χ1n) is 8.40. The van der Waals surface area contributed by atoms with Crippen LogP contribution in [0.3, 0.4) is 0 Å². The number of hydrogen-bond donors (Lipinski definition) is 1. The summed E-state index contributed by atoms with van der Waals surface area (Å²) in [4.78, 5) is 6.50. The van der Waals surface area contributed by atoms with Gasteiger partial charge in [0.1, 0.15) is 0 Å². The number of halogens is 1. The number of hydrogen-bond acceptors (Lipinski definition) is 4. The number of morpholine rings is 1. The van der Waals surface area contributed by atoms with E-state index in [0.29, 0.717) is 0 Å². The fourth-order valence-corrected chi connectivity index (χ4v) is 3.19. The van der Waals surface area contributed by atoms with Gasteiger partial charge in [0.05, 0.1) is 18.8 Å². The van der Waals surface area contributed by atoms with Crippen LogP contribution in [0.25, 0.3) is 0 Å². The normalized spacial score (nSPS) is 20.0. The quantitative estimate of drug-likeness (QED) is 0.873. The molecule has 5 heteroatoms. The fourth-order valence-electron chi connectivity index (χ4n) is 3.06. The third kappa shape index (κ3) is 4.77. The summed E-state index contributed by atoms with van der Waals surface area (Å²) in [5, 5.41) is 4.43. The van der Waals surface area contributed by atoms with E-state index in [9.17, 15) is 0 Å². The fraction of sp³-hybridized carbons (Fsp3) is 0.421. The first-order chi connectivity index (χ1) is 11.7. The number of rotatable bonds is 6. The van der Waals surface area contributed by atoms with Crippen molar-refractivity contribution in [1.29, 1.82) is 0 Å². The highest BCUT2D eigenvalue weighted by Gasteiger charge is 2.27. The molecule has 0 bridgehead atoms. The van der Waals surface area contributed by atoms with Crippen molar-refractivity contribution in [2.75, 3.05) is 33.3 Å². The van der Waals surface area contributed by atoms with Gasteiger partial charge < -0.3 is 15.0 Å². The van der Waals surface area contributed by atoms with Crippen LogP contribution in [-0.4, -0.2) is 49.3 Å². The largest absolute Gasteiger partial charge is 0.374 e. The molecule has 1 fully saturated rings. The topological polar surface area (TPSA) is 37.4 Å². The van der Waals surface area contributed by atoms with Crippen molar-refractivity contribution in [3.63, 3.8) is 0 Å². The predicted octanol–water partition coefficient (Wildman–Crippen LogP) is 2.94. The number of nitrogens with zero attached hydrogens (tertiary/aromatic N) is 2. The molecule has 1 aliphatic rings. The minimum atomic E-state index is 0.138. The highest BCUT2D eigenvalue weighted by molar-refractivity contribution is 6.30. The average Bonchev–Trinajstić information content (AvgIpc) is 2.61. The molecule has 4 nitrogen and oxygen atoms in total. The Bertz CT molecular complexity index is 620. The molecule has 2 atom stereocenters. The highest BCUT2D eigenvalue weighted by Crippen LogP contribution is 2.23. The van der Waals surface area contributed by atoms with Crippen LogP contribution in [0.5, 0.6) is 0 Å². The summed E-state index contributed by atoms with van der Waals surface area (Å²) < 4.78 is 6.05. The van der Waals surface area contributed by atoms with Crippen LogP contribution in [0.2, 0.25) is 5.02 Å². The number of nitrogens with one attached hydrogen (secondary N) is 1. The molecular formula is C19H24ClN3O. The maximum atomic E-state index is 6.05. The predicted molar refractivity (Wildman–Crippen MR) is 97.4 cm³/mol. The van der Waals surface area contributed by atoms with Gasteiger partial charge in [0.25, 0.3) is 0 Å². The molecule has 0 unspecified atom stereocenters. The summed E-state index contributed by atoms with van der Waals surface area (Å²) in [6.07, 6.45) is 4.81. The first-order valence-corrected chi connectivity index (χ1v) is 8.78. The van der Waals surface area contributed by atoms with Crippen molar-refractivity contribution in [2.45, 2.75) is 18.6 Å². The molecule has 1 N–H and O–H groups in total. The molecular weight excluding hydrogens is 322 g/mol. The van der Waals surface area contributed by atoms with Gasteiger partial charge in [-0.1, -0.05) is 29.8 Å². The SMILES string of the molecule is CN1CCO[C@H]([C@H](NCCc2cccnc2)c2ccc(Cl)cc2)C1. The van der Waals surface area contributed by atoms with Crippen molar-refractivity contribution >= 4 is 11.6 Å². The Morgan fingerprint density at radius 1 is 1.33 bits per heavy atom. The van der Waals surface area contributed by atoms with Gasteiger partial charge in [-0.25, -0.2) is 0 Å². The third-order valence-electron chi connectivity index (χ3n) is 4.40. The Labute approximate surface area is 148 Å². The molecule has 0 aliphatic carbocycles. The molecule has 2 heterocycles. The van der Waals surface area contributed by atoms with Gasteiger partial charge in [-0.05, 0) is 49.3 Å². The Morgan fingerprint density at radius 2 is 2.17 bits per heavy atom. The van der Waals surface area contributed by atoms with Gasteiger partial charge in [0.2, 0.25) is 0 Å². The maximum absolute atomic E-state index is 6.05. The number of benzene rings is 1. The van der Waals surface area contributed by atoms with E-state index in [1.807, 2.05) is 24.4 Å². The second kappa shape index (κ2) is 8.58. The van der Waals surface area contributed by atoms with Crippen LogP contribution in [-0.2, 0) is 11.2 Å². The van der Waals surface area contributed by atoms with Crippen molar-refractivity contribution in [2.24, 2.45) is 0 Å². The van der Waals surface area contributed by atoms with Crippen LogP contribution in [0.4, 0.5) is 0 Å². The van der Waals surface area contributed by atoms with Crippen molar-refractivity contribution in [3.05, 3.63) is 64.9 Å². The molecule has 128 valence electrons. The molecule has 0 saturated carbocycles. The number of aromatic nitrogens is 1. The molecule has 0 spiro atoms. The second-order valence-corrected chi connectivity index (χ2v) is 6.70. The number of pyridine rings is 1. The van der Waals surface area contributed by atoms with Crippen LogP contribution >= 0.6 is 11.6 Å². The summed E-state index contributed by atoms with van der Waals surface area (Å²) in [7, 11) is 2.14. The zero-order valence-electron chi connectivity index (χ0n) is 14.0. The van der Waals surface area contributed by atoms with Gasteiger partial charge in [0, 0.05) is 30.5 Å². The molecule has 24 heavy (non-hydrogen) atoms. The van der Waals surface area contributed by atoms with E-state index in [1.54, 1.807) is 6.20 Å². The van der Waals surface area contributed by atoms with Gasteiger partial charge in [-0.2, -0.15) is 0 Å². The lowest BCUT2D eigenvalue weighted by Gasteiger charge is -2.36. The molecule has 0 radical (unpaired) electrons. The minimum absolute atomic E-state index is 0.138. The number of likely N-dealkylation sites (N-methyl/N-ethyl adjacent to an activating group) is 1. The van der Waals surface area contributed by atoms with Crippen molar-refractivity contribution in [1.82, 2.24) is 15.2 Å². The summed E-state index contributed by atoms with van der Waals surface area (Å²) in [6.45, 7) is 3.56. The molecule has 3 rings (SSSR count). The lowest BCUT2D eigenvalue weighted by atomic mass is 9.99. The Hall–Kier alpha value is -1.46. The number of ether oxygens (including phenoxy) is 1. The van der Waals surface area contributed by atoms with E-state index in [1.165, 1.54) is 11.1 Å². The highest BCUT2D eigenvalue weighted by atomic mass is 35.5. The standard InChI is InChI=1S/C19H24ClN3O/c1-23-11-12-24-18(14-23)19(16-4-6-17(20)7-5-16)22-10-8-15-3-2-9-21-13-15/h2-7,9,13,18-19,22H,8,10-12,14H2,1H3/t18-,19+/m0/s1. The molecule has 1 saturated heterocycles. The molecule has 1 aromatic carbocycles. The van der Waals surface area contributed by atoms with Gasteiger partial charge in [-0.15, -0.1) is 0 Å². The Kier molecular flexibility index (Phi) is 6.21. The third-order valence-corrected chi connectivity index (χ3v) is 4.65. The lowest BCUT2D eigenvalue weighted by Crippen LogP contribution is -2.47. The van der Waals surface area contributed by atoms with Crippen molar-refractivity contribution in [3.8, 4) is 0 Å². The summed E-state index contributed by atoms with van der Waals surface area (Å²) in [5.41, 5.74) is 2.45. The van der Waals surface area contributed by atoms with Crippen LogP contribution in [0, 0.1) is 0 Å². The van der Waals surface area contributed by atoms with E-state index < -0.39 is 0 Å². The summed E-state index contributed by atoms with van der Waals surface area (Å²) in [6, 6.07) is 12.3. The summed E-state index contributed by atoms with van der Waals surface area (Å²) >= 11 is 6.04. The van der Waals surface area contributed by atoms with Gasteiger partial charge in [0.15, 0.2) is 0 Å². The van der Waals surface area contributed by atoms with E-state index in [-0.39, 0.29) is 12.1 Å². The van der Waals surface area contributed by atoms with E-state index in [2.05, 4.69) is 40.4 Å². The zero-order valence-corrected chi connectivity index (χ0v) is 14.7. The van der Waals surface area contributed by atoms with Crippen LogP contribution in [0.15, 0.2) is 48.8 Å². The van der Waals surface area contributed by atoms with E-state index in [0.717, 1.165) is 37.7 Å². The zero-order chi connectivity index (χ0) is 16.8. The van der Waals surface area contributed by atoms with Crippen molar-refractivity contribution < 1.29 is 4.74 Å². The summed E-state index contributed by atoms with van der Waals surface area (Å²) in [5.74, 6) is 0. The molecule has 1 aliphatic heterocycles. The average molecular weight is 346 g/mol. The molecule has 1 aromatic heterocycles. The second-order valence-electron chi connectivity index (χ2n) is 6.27. The van der Waals surface area contributed by atoms with E-state index >= 15 is 0 Å². The van der Waals surface area contributed by atoms with Crippen LogP contribution < -0.4 is 5.32 Å². The van der Waals surface area contributed by atoms with E-state index in [4.69, 9.17) is 16.3 Å². The first kappa shape index (κ1) is 17.4. The van der Waals surface area contributed by atoms with Gasteiger partial charge in [-0.3, -0.25) is 4.98 Å². The molecule has 2 aromatic rings. The molecule has 0 amide bonds. The Morgan fingerprint density at radius 3 is 2.88 bits per heavy atom. The van der Waals surface area contributed by atoms with Gasteiger partial charge >= 0.3 is 0 Å².